The number of hydrogen-bond donors (Lipinski definition) is 1. The summed E-state index contributed by atoms with van der Waals surface area (Å²) >= 11 is 0. The van der Waals surface area contributed by atoms with Crippen molar-refractivity contribution in [3.63, 3.8) is 0 Å². The highest BCUT2D eigenvalue weighted by atomic mass is 16.6. The van der Waals surface area contributed by atoms with Gasteiger partial charge in [-0.05, 0) is 18.2 Å². The summed E-state index contributed by atoms with van der Waals surface area (Å²) in [6.45, 7) is 0. The number of carboxylic acids is 1. The minimum atomic E-state index is -1.17. The fourth-order valence-corrected chi connectivity index (χ4v) is 1.25. The highest BCUT2D eigenvalue weighted by Crippen LogP contribution is 2.26. The second kappa shape index (κ2) is 4.41. The Morgan fingerprint density at radius 2 is 2.06 bits per heavy atom. The fourth-order valence-electron chi connectivity index (χ4n) is 1.25. The zero-order valence-electron chi connectivity index (χ0n) is 8.58. The lowest BCUT2D eigenvalue weighted by Crippen LogP contribution is -1.92. The van der Waals surface area contributed by atoms with E-state index in [9.17, 15) is 4.79 Å². The Hall–Kier alpha value is -2.74. The molecule has 0 fully saturated rings. The summed E-state index contributed by atoms with van der Waals surface area (Å²) in [5.41, 5.74) is 0.348. The molecule has 1 aromatic carbocycles. The Labute approximate surface area is 96.5 Å². The number of benzene rings is 1. The van der Waals surface area contributed by atoms with Crippen LogP contribution >= 0.6 is 0 Å². The number of carbonyl (C=O) groups is 1. The first-order chi connectivity index (χ1) is 8.20. The van der Waals surface area contributed by atoms with Gasteiger partial charge < -0.3 is 14.3 Å². The van der Waals surface area contributed by atoms with Crippen LogP contribution in [0, 0.1) is 11.3 Å². The molecule has 1 heterocycles. The monoisotopic (exact) mass is 229 g/mol. The van der Waals surface area contributed by atoms with Crippen molar-refractivity contribution in [3.8, 4) is 17.8 Å². The highest BCUT2D eigenvalue weighted by molar-refractivity contribution is 5.84. The van der Waals surface area contributed by atoms with Gasteiger partial charge in [-0.3, -0.25) is 0 Å². The van der Waals surface area contributed by atoms with Crippen LogP contribution < -0.4 is 4.74 Å². The Morgan fingerprint density at radius 3 is 2.71 bits per heavy atom. The summed E-state index contributed by atoms with van der Waals surface area (Å²) in [5.74, 6) is -1.03. The van der Waals surface area contributed by atoms with Gasteiger partial charge in [-0.1, -0.05) is 12.1 Å². The number of nitrogens with zero attached hydrogens (tertiary/aromatic N) is 1. The summed E-state index contributed by atoms with van der Waals surface area (Å²) in [7, 11) is 0. The summed E-state index contributed by atoms with van der Waals surface area (Å²) in [6.07, 6.45) is 0. The van der Waals surface area contributed by atoms with E-state index in [1.165, 1.54) is 12.1 Å². The average Bonchev–Trinajstić information content (AvgIpc) is 2.78. The van der Waals surface area contributed by atoms with Gasteiger partial charge in [0.05, 0.1) is 5.56 Å². The van der Waals surface area contributed by atoms with Gasteiger partial charge in [0.2, 0.25) is 5.76 Å². The Morgan fingerprint density at radius 1 is 1.29 bits per heavy atom. The molecule has 0 aliphatic rings. The predicted molar refractivity (Wildman–Crippen MR) is 56.9 cm³/mol. The molecule has 2 aromatic rings. The summed E-state index contributed by atoms with van der Waals surface area (Å²) in [6, 6.07) is 11.2. The molecular formula is C12H7NO4. The SMILES string of the molecule is N#Cc1ccccc1Oc1ccc(C(=O)O)o1. The van der Waals surface area contributed by atoms with Crippen LogP contribution in [0.3, 0.4) is 0 Å². The maximum atomic E-state index is 10.6. The van der Waals surface area contributed by atoms with Gasteiger partial charge in [0, 0.05) is 6.07 Å². The van der Waals surface area contributed by atoms with Gasteiger partial charge in [0.25, 0.3) is 5.95 Å². The van der Waals surface area contributed by atoms with Crippen LogP contribution in [0.25, 0.3) is 0 Å². The fraction of sp³-hybridized carbons (Fsp3) is 0. The molecule has 2 rings (SSSR count). The molecule has 0 saturated carbocycles. The maximum absolute atomic E-state index is 10.6. The van der Waals surface area contributed by atoms with Gasteiger partial charge in [-0.15, -0.1) is 0 Å². The molecule has 84 valence electrons. The van der Waals surface area contributed by atoms with E-state index in [2.05, 4.69) is 0 Å². The van der Waals surface area contributed by atoms with Gasteiger partial charge >= 0.3 is 5.97 Å². The van der Waals surface area contributed by atoms with Crippen LogP contribution in [-0.4, -0.2) is 11.1 Å². The molecule has 0 saturated heterocycles. The number of rotatable bonds is 3. The summed E-state index contributed by atoms with van der Waals surface area (Å²) in [4.78, 5) is 10.6. The van der Waals surface area contributed by atoms with Crippen molar-refractivity contribution < 1.29 is 19.1 Å². The number of aromatic carboxylic acids is 1. The third kappa shape index (κ3) is 2.26. The lowest BCUT2D eigenvalue weighted by Gasteiger charge is -2.02. The molecule has 5 nitrogen and oxygen atoms in total. The first-order valence-electron chi connectivity index (χ1n) is 4.71. The van der Waals surface area contributed by atoms with Crippen molar-refractivity contribution >= 4 is 5.97 Å². The van der Waals surface area contributed by atoms with Crippen LogP contribution in [0.5, 0.6) is 11.7 Å². The van der Waals surface area contributed by atoms with E-state index < -0.39 is 5.97 Å². The maximum Gasteiger partial charge on any atom is 0.371 e. The topological polar surface area (TPSA) is 83.5 Å². The number of para-hydroxylation sites is 1. The smallest absolute Gasteiger partial charge is 0.371 e. The molecule has 0 spiro atoms. The van der Waals surface area contributed by atoms with Crippen molar-refractivity contribution in [2.24, 2.45) is 0 Å². The molecule has 0 aliphatic carbocycles. The summed E-state index contributed by atoms with van der Waals surface area (Å²) in [5, 5.41) is 17.5. The van der Waals surface area contributed by atoms with Crippen LogP contribution in [0.1, 0.15) is 16.1 Å². The quantitative estimate of drug-likeness (QED) is 0.874. The lowest BCUT2D eigenvalue weighted by molar-refractivity contribution is 0.0657. The molecule has 0 radical (unpaired) electrons. The van der Waals surface area contributed by atoms with Gasteiger partial charge in [-0.25, -0.2) is 4.79 Å². The third-order valence-corrected chi connectivity index (χ3v) is 2.01. The van der Waals surface area contributed by atoms with E-state index in [4.69, 9.17) is 19.5 Å². The zero-order chi connectivity index (χ0) is 12.3. The van der Waals surface area contributed by atoms with Crippen LogP contribution in [-0.2, 0) is 0 Å². The summed E-state index contributed by atoms with van der Waals surface area (Å²) < 4.78 is 10.2. The Kier molecular flexibility index (Phi) is 2.79. The molecule has 0 unspecified atom stereocenters. The molecule has 1 N–H and O–H groups in total. The lowest BCUT2D eigenvalue weighted by atomic mass is 10.2. The van der Waals surface area contributed by atoms with Gasteiger partial charge in [0.15, 0.2) is 0 Å². The first-order valence-corrected chi connectivity index (χ1v) is 4.71. The second-order valence-corrected chi connectivity index (χ2v) is 3.13. The number of hydrogen-bond acceptors (Lipinski definition) is 4. The molecular weight excluding hydrogens is 222 g/mol. The standard InChI is InChI=1S/C12H7NO4/c13-7-8-3-1-2-4-9(8)16-11-6-5-10(17-11)12(14)15/h1-6H,(H,14,15). The van der Waals surface area contributed by atoms with Crippen molar-refractivity contribution in [2.75, 3.05) is 0 Å². The minimum Gasteiger partial charge on any atom is -0.475 e. The molecule has 5 heteroatoms. The van der Waals surface area contributed by atoms with E-state index >= 15 is 0 Å². The third-order valence-electron chi connectivity index (χ3n) is 2.01. The Bertz CT molecular complexity index is 595. The van der Waals surface area contributed by atoms with Crippen LogP contribution in [0.15, 0.2) is 40.8 Å². The molecule has 17 heavy (non-hydrogen) atoms. The van der Waals surface area contributed by atoms with Crippen molar-refractivity contribution in [3.05, 3.63) is 47.7 Å². The first kappa shape index (κ1) is 10.8. The van der Waals surface area contributed by atoms with Crippen LogP contribution in [0.4, 0.5) is 0 Å². The van der Waals surface area contributed by atoms with Gasteiger partial charge in [-0.2, -0.15) is 5.26 Å². The van der Waals surface area contributed by atoms with Crippen molar-refractivity contribution in [2.45, 2.75) is 0 Å². The van der Waals surface area contributed by atoms with E-state index in [-0.39, 0.29) is 11.7 Å². The van der Waals surface area contributed by atoms with E-state index in [1.807, 2.05) is 6.07 Å². The molecule has 0 bridgehead atoms. The normalized spacial score (nSPS) is 9.59. The number of furan rings is 1. The predicted octanol–water partition coefficient (Wildman–Crippen LogP) is 2.64. The van der Waals surface area contributed by atoms with Crippen molar-refractivity contribution in [1.29, 1.82) is 5.26 Å². The average molecular weight is 229 g/mol. The number of carboxylic acid groups (broad SMARTS) is 1. The van der Waals surface area contributed by atoms with E-state index in [0.29, 0.717) is 11.3 Å². The highest BCUT2D eigenvalue weighted by Gasteiger charge is 2.11. The Balaban J connectivity index is 2.26. The zero-order valence-corrected chi connectivity index (χ0v) is 8.58. The number of nitriles is 1. The van der Waals surface area contributed by atoms with Crippen molar-refractivity contribution in [1.82, 2.24) is 0 Å². The largest absolute Gasteiger partial charge is 0.475 e. The van der Waals surface area contributed by atoms with E-state index in [1.54, 1.807) is 24.3 Å². The van der Waals surface area contributed by atoms with Gasteiger partial charge in [0.1, 0.15) is 11.8 Å². The van der Waals surface area contributed by atoms with Crippen LogP contribution in [0.2, 0.25) is 0 Å². The number of ether oxygens (including phenoxy) is 1. The minimum absolute atomic E-state index is 0.0325. The molecule has 1 aromatic heterocycles. The van der Waals surface area contributed by atoms with E-state index in [0.717, 1.165) is 0 Å². The molecule has 0 amide bonds. The second-order valence-electron chi connectivity index (χ2n) is 3.13. The molecule has 0 atom stereocenters. The molecule has 0 aliphatic heterocycles.